The Morgan fingerprint density at radius 2 is 2.00 bits per heavy atom. The Hall–Kier alpha value is -1.74. The minimum absolute atomic E-state index is 1.03. The average Bonchev–Trinajstić information content (AvgIpc) is 2.17. The zero-order chi connectivity index (χ0) is 9.52. The molecule has 1 aromatic rings. The lowest BCUT2D eigenvalue weighted by Gasteiger charge is -1.86. The van der Waals surface area contributed by atoms with E-state index in [2.05, 4.69) is 18.4 Å². The van der Waals surface area contributed by atoms with Crippen molar-refractivity contribution in [2.45, 2.75) is 6.92 Å². The fraction of sp³-hybridized carbons (Fsp3) is 0.0769. The zero-order valence-electron chi connectivity index (χ0n) is 7.75. The van der Waals surface area contributed by atoms with Crippen molar-refractivity contribution in [2.75, 3.05) is 0 Å². The van der Waals surface area contributed by atoms with E-state index in [1.54, 1.807) is 6.08 Å². The predicted molar refractivity (Wildman–Crippen MR) is 57.3 cm³/mol. The highest BCUT2D eigenvalue weighted by Gasteiger charge is 1.81. The molecular formula is C13H12. The molecule has 0 N–H and O–H groups in total. The van der Waals surface area contributed by atoms with Crippen molar-refractivity contribution >= 4 is 0 Å². The van der Waals surface area contributed by atoms with E-state index < -0.39 is 0 Å². The maximum atomic E-state index is 3.61. The molecule has 0 aliphatic heterocycles. The Balaban J connectivity index is 2.79. The van der Waals surface area contributed by atoms with E-state index in [0.29, 0.717) is 0 Å². The van der Waals surface area contributed by atoms with Gasteiger partial charge >= 0.3 is 0 Å². The van der Waals surface area contributed by atoms with Gasteiger partial charge in [0.1, 0.15) is 0 Å². The van der Waals surface area contributed by atoms with Crippen molar-refractivity contribution in [1.29, 1.82) is 0 Å². The van der Waals surface area contributed by atoms with E-state index >= 15 is 0 Å². The first-order chi connectivity index (χ1) is 6.33. The van der Waals surface area contributed by atoms with Gasteiger partial charge < -0.3 is 0 Å². The van der Waals surface area contributed by atoms with E-state index in [1.165, 1.54) is 0 Å². The van der Waals surface area contributed by atoms with Gasteiger partial charge in [0, 0.05) is 5.56 Å². The quantitative estimate of drug-likeness (QED) is 0.446. The van der Waals surface area contributed by atoms with Crippen LogP contribution in [0.25, 0.3) is 0 Å². The lowest BCUT2D eigenvalue weighted by atomic mass is 10.2. The molecule has 0 spiro atoms. The molecule has 0 nitrogen and oxygen atoms in total. The largest absolute Gasteiger partial charge is 0.0990 e. The highest BCUT2D eigenvalue weighted by atomic mass is 13.9. The third kappa shape index (κ3) is 3.44. The Labute approximate surface area is 79.6 Å². The van der Waals surface area contributed by atoms with Gasteiger partial charge in [-0.05, 0) is 24.6 Å². The van der Waals surface area contributed by atoms with Crippen LogP contribution in [0.1, 0.15) is 12.5 Å². The molecule has 13 heavy (non-hydrogen) atoms. The van der Waals surface area contributed by atoms with Gasteiger partial charge in [0.05, 0.1) is 0 Å². The molecule has 0 atom stereocenters. The summed E-state index contributed by atoms with van der Waals surface area (Å²) in [5.41, 5.74) is 2.07. The average molecular weight is 168 g/mol. The molecular weight excluding hydrogens is 156 g/mol. The molecule has 0 aliphatic carbocycles. The molecule has 0 heteroatoms. The lowest BCUT2D eigenvalue weighted by Crippen LogP contribution is -1.72. The summed E-state index contributed by atoms with van der Waals surface area (Å²) in [6.45, 7) is 5.58. The SMILES string of the molecule is C=C/C=C(\C)C#Cc1ccccc1. The molecule has 0 radical (unpaired) electrons. The van der Waals surface area contributed by atoms with Crippen LogP contribution in [0.4, 0.5) is 0 Å². The van der Waals surface area contributed by atoms with Crippen molar-refractivity contribution < 1.29 is 0 Å². The Kier molecular flexibility index (Phi) is 3.60. The monoisotopic (exact) mass is 168 g/mol. The van der Waals surface area contributed by atoms with Crippen LogP contribution in [0.15, 0.2) is 54.6 Å². The number of rotatable bonds is 1. The molecule has 64 valence electrons. The third-order valence-corrected chi connectivity index (χ3v) is 1.55. The van der Waals surface area contributed by atoms with Crippen LogP contribution in [0.2, 0.25) is 0 Å². The summed E-state index contributed by atoms with van der Waals surface area (Å²) in [6.07, 6.45) is 3.64. The van der Waals surface area contributed by atoms with Crippen molar-refractivity contribution in [1.82, 2.24) is 0 Å². The van der Waals surface area contributed by atoms with Crippen LogP contribution < -0.4 is 0 Å². The topological polar surface area (TPSA) is 0 Å². The summed E-state index contributed by atoms with van der Waals surface area (Å²) in [6, 6.07) is 9.94. The summed E-state index contributed by atoms with van der Waals surface area (Å²) in [7, 11) is 0. The first-order valence-corrected chi connectivity index (χ1v) is 4.19. The maximum absolute atomic E-state index is 3.61. The van der Waals surface area contributed by atoms with Crippen molar-refractivity contribution in [3.8, 4) is 11.8 Å². The number of benzene rings is 1. The van der Waals surface area contributed by atoms with Gasteiger partial charge in [-0.15, -0.1) is 0 Å². The number of hydrogen-bond acceptors (Lipinski definition) is 0. The Morgan fingerprint density at radius 1 is 1.31 bits per heavy atom. The second kappa shape index (κ2) is 5.00. The summed E-state index contributed by atoms with van der Waals surface area (Å²) >= 11 is 0. The molecule has 1 rings (SSSR count). The van der Waals surface area contributed by atoms with Crippen LogP contribution in [0, 0.1) is 11.8 Å². The van der Waals surface area contributed by atoms with E-state index in [-0.39, 0.29) is 0 Å². The minimum atomic E-state index is 1.03. The summed E-state index contributed by atoms with van der Waals surface area (Å²) in [5.74, 6) is 6.10. The van der Waals surface area contributed by atoms with Crippen LogP contribution in [0.3, 0.4) is 0 Å². The van der Waals surface area contributed by atoms with Crippen LogP contribution >= 0.6 is 0 Å². The lowest BCUT2D eigenvalue weighted by molar-refractivity contribution is 1.57. The van der Waals surface area contributed by atoms with Gasteiger partial charge in [-0.3, -0.25) is 0 Å². The normalized spacial score (nSPS) is 10.1. The molecule has 0 heterocycles. The predicted octanol–water partition coefficient (Wildman–Crippen LogP) is 3.17. The van der Waals surface area contributed by atoms with Gasteiger partial charge in [0.15, 0.2) is 0 Å². The zero-order valence-corrected chi connectivity index (χ0v) is 7.75. The van der Waals surface area contributed by atoms with Crippen molar-refractivity contribution in [3.63, 3.8) is 0 Å². The Morgan fingerprint density at radius 3 is 2.62 bits per heavy atom. The molecule has 1 aromatic carbocycles. The molecule has 0 bridgehead atoms. The fourth-order valence-electron chi connectivity index (χ4n) is 0.911. The maximum Gasteiger partial charge on any atom is 0.0248 e. The van der Waals surface area contributed by atoms with Gasteiger partial charge in [-0.1, -0.05) is 48.8 Å². The van der Waals surface area contributed by atoms with Crippen LogP contribution in [0.5, 0.6) is 0 Å². The molecule has 0 unspecified atom stereocenters. The van der Waals surface area contributed by atoms with Gasteiger partial charge in [0.2, 0.25) is 0 Å². The molecule has 0 aliphatic rings. The first kappa shape index (κ1) is 9.35. The van der Waals surface area contributed by atoms with E-state index in [4.69, 9.17) is 0 Å². The molecule has 0 fully saturated rings. The molecule has 0 amide bonds. The summed E-state index contributed by atoms with van der Waals surface area (Å²) in [5, 5.41) is 0. The highest BCUT2D eigenvalue weighted by Crippen LogP contribution is 1.96. The second-order valence-electron chi connectivity index (χ2n) is 2.70. The number of hydrogen-bond donors (Lipinski definition) is 0. The van der Waals surface area contributed by atoms with Crippen LogP contribution in [-0.2, 0) is 0 Å². The summed E-state index contributed by atoms with van der Waals surface area (Å²) < 4.78 is 0. The van der Waals surface area contributed by atoms with Gasteiger partial charge in [0.25, 0.3) is 0 Å². The van der Waals surface area contributed by atoms with Crippen molar-refractivity contribution in [2.24, 2.45) is 0 Å². The van der Waals surface area contributed by atoms with Gasteiger partial charge in [-0.25, -0.2) is 0 Å². The minimum Gasteiger partial charge on any atom is -0.0990 e. The standard InChI is InChI=1S/C13H12/c1-3-7-12(2)10-11-13-8-5-4-6-9-13/h3-9H,1H2,2H3/b12-7+. The third-order valence-electron chi connectivity index (χ3n) is 1.55. The molecule has 0 saturated carbocycles. The van der Waals surface area contributed by atoms with E-state index in [1.807, 2.05) is 43.3 Å². The fourth-order valence-corrected chi connectivity index (χ4v) is 0.911. The molecule has 0 saturated heterocycles. The van der Waals surface area contributed by atoms with E-state index in [9.17, 15) is 0 Å². The molecule has 0 aromatic heterocycles. The van der Waals surface area contributed by atoms with E-state index in [0.717, 1.165) is 11.1 Å². The number of allylic oxidation sites excluding steroid dienone is 3. The second-order valence-corrected chi connectivity index (χ2v) is 2.70. The van der Waals surface area contributed by atoms with Crippen molar-refractivity contribution in [3.05, 3.63) is 60.2 Å². The van der Waals surface area contributed by atoms with Gasteiger partial charge in [-0.2, -0.15) is 0 Å². The Bertz CT molecular complexity index is 358. The highest BCUT2D eigenvalue weighted by molar-refractivity contribution is 5.40. The first-order valence-electron chi connectivity index (χ1n) is 4.19. The van der Waals surface area contributed by atoms with Crippen LogP contribution in [-0.4, -0.2) is 0 Å². The summed E-state index contributed by atoms with van der Waals surface area (Å²) in [4.78, 5) is 0. The smallest absolute Gasteiger partial charge is 0.0248 e.